The van der Waals surface area contributed by atoms with Crippen LogP contribution in [0.1, 0.15) is 5.56 Å². The third-order valence-corrected chi connectivity index (χ3v) is 4.23. The van der Waals surface area contributed by atoms with Crippen LogP contribution < -0.4 is 4.74 Å². The summed E-state index contributed by atoms with van der Waals surface area (Å²) in [7, 11) is 3.72. The average Bonchev–Trinajstić information content (AvgIpc) is 3.14. The third kappa shape index (κ3) is 2.17. The number of pyridine rings is 1. The highest BCUT2D eigenvalue weighted by atomic mass is 16.5. The molecule has 4 aromatic rings. The fourth-order valence-corrected chi connectivity index (χ4v) is 3.00. The van der Waals surface area contributed by atoms with Gasteiger partial charge in [-0.2, -0.15) is 0 Å². The molecule has 0 saturated carbocycles. The second kappa shape index (κ2) is 5.14. The predicted octanol–water partition coefficient (Wildman–Crippen LogP) is 3.22. The average molecular weight is 307 g/mol. The number of hydrogen-bond acceptors (Lipinski definition) is 3. The van der Waals surface area contributed by atoms with Crippen molar-refractivity contribution in [3.63, 3.8) is 0 Å². The highest BCUT2D eigenvalue weighted by Gasteiger charge is 2.12. The maximum absolute atomic E-state index is 9.24. The molecule has 2 N–H and O–H groups in total. The normalized spacial score (nSPS) is 11.4. The van der Waals surface area contributed by atoms with Gasteiger partial charge in [0.15, 0.2) is 0 Å². The predicted molar refractivity (Wildman–Crippen MR) is 90.5 cm³/mol. The number of aliphatic hydroxyl groups is 1. The van der Waals surface area contributed by atoms with Crippen LogP contribution in [0.5, 0.6) is 5.75 Å². The number of fused-ring (bicyclic) bond motifs is 2. The molecule has 0 saturated heterocycles. The number of hydrogen-bond donors (Lipinski definition) is 2. The Bertz CT molecular complexity index is 1010. The Balaban J connectivity index is 1.89. The van der Waals surface area contributed by atoms with Gasteiger partial charge in [-0.05, 0) is 42.0 Å². The minimum absolute atomic E-state index is 0.00269. The van der Waals surface area contributed by atoms with Crippen molar-refractivity contribution in [2.45, 2.75) is 6.61 Å². The standard InChI is InChI=1S/C18H17N3O2/c1-21-16-4-3-14(23-2)6-12(16)8-17(21)15-7-13-5-11(10-22)9-19-18(13)20-15/h3-9,22H,10H2,1-2H3,(H,19,20). The van der Waals surface area contributed by atoms with Crippen LogP contribution in [0.25, 0.3) is 33.3 Å². The van der Waals surface area contributed by atoms with Crippen LogP contribution in [0, 0.1) is 0 Å². The van der Waals surface area contributed by atoms with Gasteiger partial charge in [-0.15, -0.1) is 0 Å². The topological polar surface area (TPSA) is 63.1 Å². The minimum Gasteiger partial charge on any atom is -0.497 e. The van der Waals surface area contributed by atoms with Crippen molar-refractivity contribution in [3.05, 3.63) is 48.2 Å². The lowest BCUT2D eigenvalue weighted by molar-refractivity contribution is 0.281. The van der Waals surface area contributed by atoms with Crippen molar-refractivity contribution in [1.82, 2.24) is 14.5 Å². The Morgan fingerprint density at radius 2 is 2.04 bits per heavy atom. The molecular weight excluding hydrogens is 290 g/mol. The van der Waals surface area contributed by atoms with Gasteiger partial charge in [-0.25, -0.2) is 4.98 Å². The first kappa shape index (κ1) is 13.8. The number of aromatic nitrogens is 3. The molecule has 0 amide bonds. The number of aromatic amines is 1. The summed E-state index contributed by atoms with van der Waals surface area (Å²) in [5.41, 5.74) is 4.85. The zero-order valence-electron chi connectivity index (χ0n) is 13.0. The van der Waals surface area contributed by atoms with Crippen molar-refractivity contribution < 1.29 is 9.84 Å². The van der Waals surface area contributed by atoms with Gasteiger partial charge >= 0.3 is 0 Å². The molecule has 0 aliphatic carbocycles. The first-order valence-corrected chi connectivity index (χ1v) is 7.42. The van der Waals surface area contributed by atoms with Crippen LogP contribution in [0.4, 0.5) is 0 Å². The second-order valence-electron chi connectivity index (χ2n) is 5.64. The van der Waals surface area contributed by atoms with E-state index in [9.17, 15) is 5.11 Å². The Morgan fingerprint density at radius 1 is 1.17 bits per heavy atom. The number of ether oxygens (including phenoxy) is 1. The van der Waals surface area contributed by atoms with Crippen molar-refractivity contribution in [3.8, 4) is 17.1 Å². The monoisotopic (exact) mass is 307 g/mol. The lowest BCUT2D eigenvalue weighted by Crippen LogP contribution is -1.91. The second-order valence-corrected chi connectivity index (χ2v) is 5.64. The summed E-state index contributed by atoms with van der Waals surface area (Å²) >= 11 is 0. The van der Waals surface area contributed by atoms with Crippen LogP contribution in [-0.2, 0) is 13.7 Å². The van der Waals surface area contributed by atoms with Gasteiger partial charge in [0.05, 0.1) is 25.1 Å². The van der Waals surface area contributed by atoms with E-state index >= 15 is 0 Å². The summed E-state index contributed by atoms with van der Waals surface area (Å²) in [6, 6.07) is 12.2. The summed E-state index contributed by atoms with van der Waals surface area (Å²) in [6.45, 7) is -0.00269. The Kier molecular flexibility index (Phi) is 3.09. The lowest BCUT2D eigenvalue weighted by Gasteiger charge is -2.02. The van der Waals surface area contributed by atoms with E-state index in [4.69, 9.17) is 4.74 Å². The van der Waals surface area contributed by atoms with Crippen molar-refractivity contribution in [2.24, 2.45) is 7.05 Å². The number of aliphatic hydroxyl groups excluding tert-OH is 1. The molecule has 116 valence electrons. The smallest absolute Gasteiger partial charge is 0.137 e. The fourth-order valence-electron chi connectivity index (χ4n) is 3.00. The van der Waals surface area contributed by atoms with E-state index < -0.39 is 0 Å². The van der Waals surface area contributed by atoms with Crippen molar-refractivity contribution in [1.29, 1.82) is 0 Å². The number of benzene rings is 1. The van der Waals surface area contributed by atoms with E-state index in [-0.39, 0.29) is 6.61 Å². The molecule has 0 unspecified atom stereocenters. The lowest BCUT2D eigenvalue weighted by atomic mass is 10.2. The molecule has 0 aliphatic heterocycles. The van der Waals surface area contributed by atoms with Crippen LogP contribution in [0.2, 0.25) is 0 Å². The first-order chi connectivity index (χ1) is 11.2. The van der Waals surface area contributed by atoms with Crippen LogP contribution in [-0.4, -0.2) is 26.8 Å². The summed E-state index contributed by atoms with van der Waals surface area (Å²) < 4.78 is 7.45. The van der Waals surface area contributed by atoms with E-state index in [1.807, 2.05) is 25.2 Å². The highest BCUT2D eigenvalue weighted by molar-refractivity contribution is 5.90. The molecule has 0 bridgehead atoms. The number of methoxy groups -OCH3 is 1. The molecular formula is C18H17N3O2. The molecule has 0 atom stereocenters. The van der Waals surface area contributed by atoms with Crippen LogP contribution in [0.3, 0.4) is 0 Å². The number of nitrogens with zero attached hydrogens (tertiary/aromatic N) is 2. The maximum Gasteiger partial charge on any atom is 0.137 e. The maximum atomic E-state index is 9.24. The third-order valence-electron chi connectivity index (χ3n) is 4.23. The molecule has 5 nitrogen and oxygen atoms in total. The van der Waals surface area contributed by atoms with E-state index in [0.29, 0.717) is 0 Å². The van der Waals surface area contributed by atoms with Crippen LogP contribution in [0.15, 0.2) is 42.6 Å². The Hall–Kier alpha value is -2.79. The molecule has 3 aromatic heterocycles. The van der Waals surface area contributed by atoms with E-state index in [2.05, 4.69) is 32.7 Å². The van der Waals surface area contributed by atoms with Gasteiger partial charge in [0, 0.05) is 29.5 Å². The van der Waals surface area contributed by atoms with Crippen molar-refractivity contribution >= 4 is 21.9 Å². The molecule has 1 aromatic carbocycles. The number of rotatable bonds is 3. The van der Waals surface area contributed by atoms with Gasteiger partial charge in [0.1, 0.15) is 11.4 Å². The summed E-state index contributed by atoms with van der Waals surface area (Å²) in [4.78, 5) is 7.71. The zero-order valence-corrected chi connectivity index (χ0v) is 13.0. The zero-order chi connectivity index (χ0) is 16.0. The summed E-state index contributed by atoms with van der Waals surface area (Å²) in [5.74, 6) is 0.848. The van der Waals surface area contributed by atoms with E-state index in [1.165, 1.54) is 0 Å². The van der Waals surface area contributed by atoms with Crippen molar-refractivity contribution in [2.75, 3.05) is 7.11 Å². The first-order valence-electron chi connectivity index (χ1n) is 7.42. The number of nitrogens with one attached hydrogen (secondary N) is 1. The molecule has 0 fully saturated rings. The Morgan fingerprint density at radius 3 is 2.83 bits per heavy atom. The highest BCUT2D eigenvalue weighted by Crippen LogP contribution is 2.30. The number of aryl methyl sites for hydroxylation is 1. The van der Waals surface area contributed by atoms with Gasteiger partial charge in [0.2, 0.25) is 0 Å². The molecule has 5 heteroatoms. The molecule has 3 heterocycles. The molecule has 0 radical (unpaired) electrons. The van der Waals surface area contributed by atoms with Gasteiger partial charge in [-0.3, -0.25) is 0 Å². The van der Waals surface area contributed by atoms with Gasteiger partial charge < -0.3 is 19.4 Å². The van der Waals surface area contributed by atoms with E-state index in [1.54, 1.807) is 13.3 Å². The molecule has 0 aliphatic rings. The Labute approximate surface area is 133 Å². The van der Waals surface area contributed by atoms with Gasteiger partial charge in [0.25, 0.3) is 0 Å². The summed E-state index contributed by atoms with van der Waals surface area (Å²) in [5, 5.41) is 11.4. The van der Waals surface area contributed by atoms with E-state index in [0.717, 1.165) is 44.6 Å². The largest absolute Gasteiger partial charge is 0.497 e. The molecule has 0 spiro atoms. The quantitative estimate of drug-likeness (QED) is 0.611. The van der Waals surface area contributed by atoms with Crippen LogP contribution >= 0.6 is 0 Å². The fraction of sp³-hybridized carbons (Fsp3) is 0.167. The molecule has 4 rings (SSSR count). The number of H-pyrrole nitrogens is 1. The molecule has 23 heavy (non-hydrogen) atoms. The minimum atomic E-state index is -0.00269. The SMILES string of the molecule is COc1ccc2c(c1)cc(-c1cc3cc(CO)cnc3[nH]1)n2C. The summed E-state index contributed by atoms with van der Waals surface area (Å²) in [6.07, 6.45) is 1.69. The van der Waals surface area contributed by atoms with Gasteiger partial charge in [-0.1, -0.05) is 0 Å².